The lowest BCUT2D eigenvalue weighted by Gasteiger charge is -2.05. The van der Waals surface area contributed by atoms with Gasteiger partial charge in [0.05, 0.1) is 0 Å². The Morgan fingerprint density at radius 2 is 1.90 bits per heavy atom. The lowest BCUT2D eigenvalue weighted by molar-refractivity contribution is 0.699. The van der Waals surface area contributed by atoms with Gasteiger partial charge >= 0.3 is 0 Å². The Kier molecular flexibility index (Phi) is 10.3. The van der Waals surface area contributed by atoms with E-state index in [9.17, 15) is 0 Å². The summed E-state index contributed by atoms with van der Waals surface area (Å²) in [7, 11) is 0. The molecule has 0 aromatic carbocycles. The highest BCUT2D eigenvalue weighted by Crippen LogP contribution is 2.10. The van der Waals surface area contributed by atoms with E-state index in [1.165, 1.54) is 5.57 Å². The topological polar surface area (TPSA) is 0 Å². The molecule has 0 nitrogen and oxygen atoms in total. The molecule has 0 spiro atoms. The first-order valence-electron chi connectivity index (χ1n) is 3.94. The zero-order valence-electron chi connectivity index (χ0n) is 7.78. The highest BCUT2D eigenvalue weighted by molar-refractivity contribution is 4.96. The van der Waals surface area contributed by atoms with E-state index in [4.69, 9.17) is 0 Å². The molecule has 0 fully saturated rings. The summed E-state index contributed by atoms with van der Waals surface area (Å²) in [6.45, 7) is 15.7. The maximum absolute atomic E-state index is 3.83. The van der Waals surface area contributed by atoms with Gasteiger partial charge in [-0.2, -0.15) is 0 Å². The van der Waals surface area contributed by atoms with Gasteiger partial charge in [-0.1, -0.05) is 39.0 Å². The molecule has 60 valence electrons. The molecule has 1 atom stereocenters. The Hall–Kier alpha value is -0.520. The van der Waals surface area contributed by atoms with Crippen LogP contribution in [-0.2, 0) is 0 Å². The normalized spacial score (nSPS) is 10.8. The van der Waals surface area contributed by atoms with Gasteiger partial charge in [0.1, 0.15) is 0 Å². The summed E-state index contributed by atoms with van der Waals surface area (Å²) in [6.07, 6.45) is 2.98. The SMILES string of the molecule is C=CCC(C)C(=C)C.CC. The fourth-order valence-corrected chi connectivity index (χ4v) is 0.451. The van der Waals surface area contributed by atoms with Crippen molar-refractivity contribution in [3.63, 3.8) is 0 Å². The molecule has 0 heteroatoms. The molecule has 0 N–H and O–H groups in total. The molecule has 0 radical (unpaired) electrons. The van der Waals surface area contributed by atoms with Crippen molar-refractivity contribution >= 4 is 0 Å². The van der Waals surface area contributed by atoms with Gasteiger partial charge in [0.15, 0.2) is 0 Å². The summed E-state index contributed by atoms with van der Waals surface area (Å²) < 4.78 is 0. The van der Waals surface area contributed by atoms with Gasteiger partial charge in [-0.05, 0) is 19.3 Å². The zero-order valence-corrected chi connectivity index (χ0v) is 7.78. The molecule has 0 amide bonds. The van der Waals surface area contributed by atoms with Crippen molar-refractivity contribution in [2.24, 2.45) is 5.92 Å². The number of allylic oxidation sites excluding steroid dienone is 2. The molecular formula is C10H20. The lowest BCUT2D eigenvalue weighted by Crippen LogP contribution is -1.90. The van der Waals surface area contributed by atoms with Crippen LogP contribution < -0.4 is 0 Å². The average Bonchev–Trinajstić information content (AvgIpc) is 1.93. The Morgan fingerprint density at radius 3 is 2.00 bits per heavy atom. The maximum atomic E-state index is 3.83. The third-order valence-electron chi connectivity index (χ3n) is 1.36. The van der Waals surface area contributed by atoms with Gasteiger partial charge in [0, 0.05) is 0 Å². The van der Waals surface area contributed by atoms with E-state index >= 15 is 0 Å². The Balaban J connectivity index is 0. The van der Waals surface area contributed by atoms with Crippen molar-refractivity contribution in [1.29, 1.82) is 0 Å². The van der Waals surface area contributed by atoms with Crippen LogP contribution in [0.2, 0.25) is 0 Å². The molecule has 1 unspecified atom stereocenters. The van der Waals surface area contributed by atoms with Gasteiger partial charge in [-0.25, -0.2) is 0 Å². The van der Waals surface area contributed by atoms with Gasteiger partial charge in [0.2, 0.25) is 0 Å². The molecule has 0 heterocycles. The minimum Gasteiger partial charge on any atom is -0.103 e. The quantitative estimate of drug-likeness (QED) is 0.523. The molecule has 10 heavy (non-hydrogen) atoms. The molecule has 0 saturated carbocycles. The minimum absolute atomic E-state index is 0.604. The molecule has 0 saturated heterocycles. The molecular weight excluding hydrogens is 120 g/mol. The van der Waals surface area contributed by atoms with Gasteiger partial charge in [-0.15, -0.1) is 6.58 Å². The van der Waals surface area contributed by atoms with Gasteiger partial charge < -0.3 is 0 Å². The van der Waals surface area contributed by atoms with E-state index in [-0.39, 0.29) is 0 Å². The first-order valence-corrected chi connectivity index (χ1v) is 3.94. The second kappa shape index (κ2) is 8.48. The summed E-state index contributed by atoms with van der Waals surface area (Å²) in [6, 6.07) is 0. The predicted octanol–water partition coefficient (Wildman–Crippen LogP) is 3.80. The fourth-order valence-electron chi connectivity index (χ4n) is 0.451. The maximum Gasteiger partial charge on any atom is -0.0203 e. The fraction of sp³-hybridized carbons (Fsp3) is 0.600. The van der Waals surface area contributed by atoms with Crippen LogP contribution >= 0.6 is 0 Å². The smallest absolute Gasteiger partial charge is 0.0203 e. The van der Waals surface area contributed by atoms with Crippen LogP contribution in [0.5, 0.6) is 0 Å². The Morgan fingerprint density at radius 1 is 1.50 bits per heavy atom. The van der Waals surface area contributed by atoms with Gasteiger partial charge in [-0.3, -0.25) is 0 Å². The van der Waals surface area contributed by atoms with Crippen molar-refractivity contribution in [2.45, 2.75) is 34.1 Å². The highest BCUT2D eigenvalue weighted by atomic mass is 14.0. The summed E-state index contributed by atoms with van der Waals surface area (Å²) in [5.74, 6) is 0.604. The minimum atomic E-state index is 0.604. The van der Waals surface area contributed by atoms with Crippen LogP contribution in [-0.4, -0.2) is 0 Å². The first kappa shape index (κ1) is 12.2. The summed E-state index contributed by atoms with van der Waals surface area (Å²) in [5, 5.41) is 0. The molecule has 0 aliphatic heterocycles. The molecule has 0 aromatic rings. The van der Waals surface area contributed by atoms with Crippen LogP contribution in [0.1, 0.15) is 34.1 Å². The van der Waals surface area contributed by atoms with E-state index in [2.05, 4.69) is 20.1 Å². The van der Waals surface area contributed by atoms with Crippen molar-refractivity contribution in [1.82, 2.24) is 0 Å². The van der Waals surface area contributed by atoms with E-state index in [0.29, 0.717) is 5.92 Å². The van der Waals surface area contributed by atoms with Crippen molar-refractivity contribution < 1.29 is 0 Å². The zero-order chi connectivity index (χ0) is 8.57. The summed E-state index contributed by atoms with van der Waals surface area (Å²) in [5.41, 5.74) is 1.24. The second-order valence-electron chi connectivity index (χ2n) is 2.27. The summed E-state index contributed by atoms with van der Waals surface area (Å²) in [4.78, 5) is 0. The van der Waals surface area contributed by atoms with Crippen molar-refractivity contribution in [3.8, 4) is 0 Å². The van der Waals surface area contributed by atoms with E-state index in [0.717, 1.165) is 6.42 Å². The first-order chi connectivity index (χ1) is 4.68. The summed E-state index contributed by atoms with van der Waals surface area (Å²) >= 11 is 0. The van der Waals surface area contributed by atoms with Crippen LogP contribution in [0.3, 0.4) is 0 Å². The largest absolute Gasteiger partial charge is 0.103 e. The molecule has 0 aliphatic rings. The monoisotopic (exact) mass is 140 g/mol. The lowest BCUT2D eigenvalue weighted by atomic mass is 10.0. The molecule has 0 aliphatic carbocycles. The van der Waals surface area contributed by atoms with Crippen LogP contribution in [0.15, 0.2) is 24.8 Å². The van der Waals surface area contributed by atoms with E-state index in [1.54, 1.807) is 0 Å². The van der Waals surface area contributed by atoms with E-state index in [1.807, 2.05) is 26.8 Å². The third-order valence-corrected chi connectivity index (χ3v) is 1.36. The molecule has 0 rings (SSSR count). The molecule has 0 bridgehead atoms. The van der Waals surface area contributed by atoms with Gasteiger partial charge in [0.25, 0.3) is 0 Å². The number of hydrogen-bond donors (Lipinski definition) is 0. The second-order valence-corrected chi connectivity index (χ2v) is 2.27. The number of rotatable bonds is 3. The average molecular weight is 140 g/mol. The number of hydrogen-bond acceptors (Lipinski definition) is 0. The standard InChI is InChI=1S/C8H14.C2H6/c1-5-6-8(4)7(2)3;1-2/h5,8H,1-2,6H2,3-4H3;1-2H3. The van der Waals surface area contributed by atoms with Crippen molar-refractivity contribution in [3.05, 3.63) is 24.8 Å². The van der Waals surface area contributed by atoms with Crippen LogP contribution in [0.4, 0.5) is 0 Å². The molecule has 0 aromatic heterocycles. The van der Waals surface area contributed by atoms with Crippen LogP contribution in [0.25, 0.3) is 0 Å². The Labute approximate surface area is 65.7 Å². The Bertz CT molecular complexity index is 90.2. The van der Waals surface area contributed by atoms with E-state index < -0.39 is 0 Å². The predicted molar refractivity (Wildman–Crippen MR) is 50.1 cm³/mol. The van der Waals surface area contributed by atoms with Crippen LogP contribution in [0, 0.1) is 5.92 Å². The highest BCUT2D eigenvalue weighted by Gasteiger charge is 1.96. The third kappa shape index (κ3) is 7.48. The van der Waals surface area contributed by atoms with Crippen molar-refractivity contribution in [2.75, 3.05) is 0 Å².